The molecular formula is C19H25F3N4O5S. The zero-order valence-corrected chi connectivity index (χ0v) is 18.0. The van der Waals surface area contributed by atoms with E-state index in [-0.39, 0.29) is 29.3 Å². The van der Waals surface area contributed by atoms with Crippen molar-refractivity contribution in [3.63, 3.8) is 0 Å². The van der Waals surface area contributed by atoms with Crippen LogP contribution in [0.5, 0.6) is 5.75 Å². The van der Waals surface area contributed by atoms with Crippen LogP contribution in [0.2, 0.25) is 0 Å². The van der Waals surface area contributed by atoms with Gasteiger partial charge in [-0.25, -0.2) is 17.9 Å². The lowest BCUT2D eigenvalue weighted by Crippen LogP contribution is -2.47. The first kappa shape index (κ1) is 24.1. The van der Waals surface area contributed by atoms with Crippen molar-refractivity contribution < 1.29 is 35.9 Å². The number of alkyl halides is 3. The average molecular weight is 478 g/mol. The third-order valence-corrected chi connectivity index (χ3v) is 7.12. The Hall–Kier alpha value is -2.54. The lowest BCUT2D eigenvalue weighted by Gasteiger charge is -2.34. The Labute approximate surface area is 183 Å². The maximum Gasteiger partial charge on any atom is 0.573 e. The summed E-state index contributed by atoms with van der Waals surface area (Å²) < 4.78 is 67.7. The molecule has 3 rings (SSSR count). The molecule has 2 saturated heterocycles. The number of carbonyl (C=O) groups excluding carboxylic acids is 2. The summed E-state index contributed by atoms with van der Waals surface area (Å²) in [5.74, 6) is -1.22. The standard InChI is InChI=1S/C19H25F3N4O5S/c20-19(21,22)31-15-1-3-16(4-2-15)32(29,30)24-11-13-5-8-25(9-6-13)18(28)26-10-7-14(12-26)17(23)27/h1-4,13-14,24H,5-12H2,(H2,23,27)/t14-/m0/s1. The second kappa shape index (κ2) is 9.53. The molecule has 0 radical (unpaired) electrons. The van der Waals surface area contributed by atoms with Crippen LogP contribution in [-0.4, -0.2) is 69.2 Å². The van der Waals surface area contributed by atoms with Gasteiger partial charge in [0.25, 0.3) is 0 Å². The summed E-state index contributed by atoms with van der Waals surface area (Å²) in [4.78, 5) is 27.0. The summed E-state index contributed by atoms with van der Waals surface area (Å²) in [7, 11) is -3.90. The van der Waals surface area contributed by atoms with Gasteiger partial charge < -0.3 is 20.3 Å². The first-order valence-corrected chi connectivity index (χ1v) is 11.6. The largest absolute Gasteiger partial charge is 0.573 e. The van der Waals surface area contributed by atoms with E-state index in [4.69, 9.17) is 5.73 Å². The number of primary amides is 1. The van der Waals surface area contributed by atoms with Crippen LogP contribution in [0.15, 0.2) is 29.2 Å². The van der Waals surface area contributed by atoms with E-state index >= 15 is 0 Å². The summed E-state index contributed by atoms with van der Waals surface area (Å²) >= 11 is 0. The monoisotopic (exact) mass is 478 g/mol. The van der Waals surface area contributed by atoms with Crippen LogP contribution < -0.4 is 15.2 Å². The molecule has 2 aliphatic rings. The molecule has 2 heterocycles. The van der Waals surface area contributed by atoms with Gasteiger partial charge in [0.05, 0.1) is 10.8 Å². The van der Waals surface area contributed by atoms with Crippen LogP contribution >= 0.6 is 0 Å². The zero-order chi connectivity index (χ0) is 23.5. The smallest absolute Gasteiger partial charge is 0.406 e. The summed E-state index contributed by atoms with van der Waals surface area (Å²) in [6.45, 7) is 1.89. The van der Waals surface area contributed by atoms with E-state index in [0.717, 1.165) is 24.3 Å². The summed E-state index contributed by atoms with van der Waals surface area (Å²) in [5, 5.41) is 0. The highest BCUT2D eigenvalue weighted by atomic mass is 32.2. The number of nitrogens with zero attached hydrogens (tertiary/aromatic N) is 2. The molecule has 13 heteroatoms. The molecule has 9 nitrogen and oxygen atoms in total. The molecular weight excluding hydrogens is 453 g/mol. The predicted molar refractivity (Wildman–Crippen MR) is 107 cm³/mol. The van der Waals surface area contributed by atoms with Crippen LogP contribution in [0, 0.1) is 11.8 Å². The molecule has 2 aliphatic heterocycles. The van der Waals surface area contributed by atoms with Crippen molar-refractivity contribution in [1.82, 2.24) is 14.5 Å². The third-order valence-electron chi connectivity index (χ3n) is 5.68. The molecule has 2 fully saturated rings. The van der Waals surface area contributed by atoms with Gasteiger partial charge in [0.2, 0.25) is 15.9 Å². The fraction of sp³-hybridized carbons (Fsp3) is 0.579. The molecule has 1 aromatic carbocycles. The Morgan fingerprint density at radius 1 is 1.06 bits per heavy atom. The summed E-state index contributed by atoms with van der Waals surface area (Å²) in [6.07, 6.45) is -3.10. The Morgan fingerprint density at radius 3 is 2.19 bits per heavy atom. The number of nitrogens with one attached hydrogen (secondary N) is 1. The Balaban J connectivity index is 1.46. The molecule has 0 bridgehead atoms. The number of carbonyl (C=O) groups is 2. The number of piperidine rings is 1. The lowest BCUT2D eigenvalue weighted by atomic mass is 9.97. The van der Waals surface area contributed by atoms with Crippen molar-refractivity contribution >= 4 is 22.0 Å². The van der Waals surface area contributed by atoms with Gasteiger partial charge in [0.15, 0.2) is 0 Å². The van der Waals surface area contributed by atoms with Gasteiger partial charge in [-0.05, 0) is 49.4 Å². The molecule has 1 atom stereocenters. The van der Waals surface area contributed by atoms with Crippen molar-refractivity contribution in [1.29, 1.82) is 0 Å². The molecule has 3 amide bonds. The van der Waals surface area contributed by atoms with Gasteiger partial charge in [0, 0.05) is 32.7 Å². The van der Waals surface area contributed by atoms with E-state index in [1.54, 1.807) is 9.80 Å². The number of nitrogens with two attached hydrogens (primary N) is 1. The fourth-order valence-electron chi connectivity index (χ4n) is 3.83. The van der Waals surface area contributed by atoms with Gasteiger partial charge >= 0.3 is 12.4 Å². The highest BCUT2D eigenvalue weighted by molar-refractivity contribution is 7.89. The van der Waals surface area contributed by atoms with Crippen LogP contribution in [0.3, 0.4) is 0 Å². The first-order chi connectivity index (χ1) is 14.9. The Kier molecular flexibility index (Phi) is 7.18. The minimum Gasteiger partial charge on any atom is -0.406 e. The number of rotatable bonds is 6. The average Bonchev–Trinajstić information content (AvgIpc) is 3.22. The van der Waals surface area contributed by atoms with E-state index in [0.29, 0.717) is 45.4 Å². The molecule has 1 aromatic rings. The van der Waals surface area contributed by atoms with Gasteiger partial charge in [-0.2, -0.15) is 0 Å². The summed E-state index contributed by atoms with van der Waals surface area (Å²) in [5.41, 5.74) is 5.30. The van der Waals surface area contributed by atoms with E-state index in [1.165, 1.54) is 0 Å². The fourth-order valence-corrected chi connectivity index (χ4v) is 4.94. The van der Waals surface area contributed by atoms with E-state index in [1.807, 2.05) is 0 Å². The molecule has 0 aromatic heterocycles. The van der Waals surface area contributed by atoms with Crippen molar-refractivity contribution in [3.8, 4) is 5.75 Å². The van der Waals surface area contributed by atoms with Crippen LogP contribution in [-0.2, 0) is 14.8 Å². The number of ether oxygens (including phenoxy) is 1. The SMILES string of the molecule is NC(=O)[C@H]1CCN(C(=O)N2CCC(CNS(=O)(=O)c3ccc(OC(F)(F)F)cc3)CC2)C1. The minimum absolute atomic E-state index is 0.0126. The van der Waals surface area contributed by atoms with Crippen molar-refractivity contribution in [2.45, 2.75) is 30.5 Å². The number of halogens is 3. The van der Waals surface area contributed by atoms with Gasteiger partial charge in [-0.3, -0.25) is 4.79 Å². The van der Waals surface area contributed by atoms with Crippen LogP contribution in [0.4, 0.5) is 18.0 Å². The van der Waals surface area contributed by atoms with E-state index < -0.39 is 28.0 Å². The van der Waals surface area contributed by atoms with Crippen LogP contribution in [0.1, 0.15) is 19.3 Å². The van der Waals surface area contributed by atoms with Crippen LogP contribution in [0.25, 0.3) is 0 Å². The zero-order valence-electron chi connectivity index (χ0n) is 17.2. The Morgan fingerprint density at radius 2 is 1.66 bits per heavy atom. The minimum atomic E-state index is -4.85. The van der Waals surface area contributed by atoms with E-state index in [9.17, 15) is 31.2 Å². The molecule has 3 N–H and O–H groups in total. The van der Waals surface area contributed by atoms with Gasteiger partial charge in [0.1, 0.15) is 5.75 Å². The maximum atomic E-state index is 12.6. The number of sulfonamides is 1. The molecule has 178 valence electrons. The second-order valence-corrected chi connectivity index (χ2v) is 9.69. The lowest BCUT2D eigenvalue weighted by molar-refractivity contribution is -0.274. The molecule has 0 saturated carbocycles. The topological polar surface area (TPSA) is 122 Å². The highest BCUT2D eigenvalue weighted by Gasteiger charge is 2.34. The second-order valence-electron chi connectivity index (χ2n) is 7.92. The third kappa shape index (κ3) is 6.25. The molecule has 0 spiro atoms. The molecule has 32 heavy (non-hydrogen) atoms. The predicted octanol–water partition coefficient (Wildman–Crippen LogP) is 1.50. The molecule has 0 unspecified atom stereocenters. The van der Waals surface area contributed by atoms with E-state index in [2.05, 4.69) is 9.46 Å². The number of benzene rings is 1. The van der Waals surface area contributed by atoms with Gasteiger partial charge in [-0.1, -0.05) is 0 Å². The number of amides is 3. The normalized spacial score (nSPS) is 20.4. The number of likely N-dealkylation sites (tertiary alicyclic amines) is 2. The van der Waals surface area contributed by atoms with Gasteiger partial charge in [-0.15, -0.1) is 13.2 Å². The first-order valence-electron chi connectivity index (χ1n) is 10.1. The van der Waals surface area contributed by atoms with Crippen molar-refractivity contribution in [3.05, 3.63) is 24.3 Å². The van der Waals surface area contributed by atoms with Crippen molar-refractivity contribution in [2.24, 2.45) is 17.6 Å². The number of hydrogen-bond donors (Lipinski definition) is 2. The quantitative estimate of drug-likeness (QED) is 0.642. The summed E-state index contributed by atoms with van der Waals surface area (Å²) in [6, 6.07) is 3.81. The molecule has 0 aliphatic carbocycles. The van der Waals surface area contributed by atoms with Crippen molar-refractivity contribution in [2.75, 3.05) is 32.7 Å². The Bertz CT molecular complexity index is 931. The maximum absolute atomic E-state index is 12.6. The number of hydrogen-bond acceptors (Lipinski definition) is 5. The number of urea groups is 1. The highest BCUT2D eigenvalue weighted by Crippen LogP contribution is 2.25.